The number of rotatable bonds is 2. The van der Waals surface area contributed by atoms with Crippen LogP contribution in [0.15, 0.2) is 23.8 Å². The molecule has 0 atom stereocenters. The van der Waals surface area contributed by atoms with Crippen molar-refractivity contribution in [3.63, 3.8) is 0 Å². The van der Waals surface area contributed by atoms with Crippen molar-refractivity contribution in [2.75, 3.05) is 0 Å². The molecule has 0 fully saturated rings. The Kier molecular flexibility index (Phi) is 2.92. The molecule has 3 nitrogen and oxygen atoms in total. The number of hydrogen-bond donors (Lipinski definition) is 2. The molecule has 90 valence electrons. The smallest absolute Gasteiger partial charge is 0.331 e. The quantitative estimate of drug-likeness (QED) is 0.824. The standard InChI is InChI=1S/C14H16O3/c1-8(2)13-11(14(16)17)6-4-9-3-5-10(15)7-12(9)13/h3,5,7-8,15H,4,6H2,1-2H3,(H,16,17). The fraction of sp³-hybridized carbons (Fsp3) is 0.357. The van der Waals surface area contributed by atoms with Gasteiger partial charge in [0.2, 0.25) is 0 Å². The Morgan fingerprint density at radius 3 is 2.59 bits per heavy atom. The molecule has 0 radical (unpaired) electrons. The van der Waals surface area contributed by atoms with Gasteiger partial charge in [-0.2, -0.15) is 0 Å². The minimum absolute atomic E-state index is 0.141. The molecule has 0 aliphatic heterocycles. The van der Waals surface area contributed by atoms with E-state index in [1.807, 2.05) is 19.9 Å². The third-order valence-corrected chi connectivity index (χ3v) is 3.19. The van der Waals surface area contributed by atoms with Crippen molar-refractivity contribution in [3.05, 3.63) is 34.9 Å². The maximum Gasteiger partial charge on any atom is 0.331 e. The Morgan fingerprint density at radius 2 is 2.00 bits per heavy atom. The summed E-state index contributed by atoms with van der Waals surface area (Å²) >= 11 is 0. The summed E-state index contributed by atoms with van der Waals surface area (Å²) in [6.45, 7) is 3.97. The van der Waals surface area contributed by atoms with Crippen molar-refractivity contribution in [2.24, 2.45) is 5.92 Å². The van der Waals surface area contributed by atoms with Crippen LogP contribution >= 0.6 is 0 Å². The van der Waals surface area contributed by atoms with Crippen LogP contribution in [0.4, 0.5) is 0 Å². The highest BCUT2D eigenvalue weighted by atomic mass is 16.4. The second-order valence-corrected chi connectivity index (χ2v) is 4.69. The summed E-state index contributed by atoms with van der Waals surface area (Å²) in [5.41, 5.74) is 3.35. The first-order chi connectivity index (χ1) is 8.00. The fourth-order valence-corrected chi connectivity index (χ4v) is 2.47. The molecule has 17 heavy (non-hydrogen) atoms. The zero-order valence-electron chi connectivity index (χ0n) is 10.0. The van der Waals surface area contributed by atoms with E-state index in [0.29, 0.717) is 12.0 Å². The van der Waals surface area contributed by atoms with Crippen molar-refractivity contribution < 1.29 is 15.0 Å². The lowest BCUT2D eigenvalue weighted by Crippen LogP contribution is -2.14. The number of aryl methyl sites for hydroxylation is 1. The number of carbonyl (C=O) groups is 1. The van der Waals surface area contributed by atoms with E-state index < -0.39 is 5.97 Å². The van der Waals surface area contributed by atoms with Gasteiger partial charge < -0.3 is 10.2 Å². The van der Waals surface area contributed by atoms with E-state index in [1.54, 1.807) is 12.1 Å². The van der Waals surface area contributed by atoms with Gasteiger partial charge in [0, 0.05) is 5.57 Å². The highest BCUT2D eigenvalue weighted by Crippen LogP contribution is 2.37. The summed E-state index contributed by atoms with van der Waals surface area (Å²) in [5, 5.41) is 18.8. The highest BCUT2D eigenvalue weighted by molar-refractivity contribution is 5.98. The summed E-state index contributed by atoms with van der Waals surface area (Å²) in [5.74, 6) is -0.516. The first-order valence-corrected chi connectivity index (χ1v) is 5.79. The molecule has 1 aromatic rings. The van der Waals surface area contributed by atoms with Crippen LogP contribution in [-0.4, -0.2) is 16.2 Å². The van der Waals surface area contributed by atoms with Crippen molar-refractivity contribution in [2.45, 2.75) is 26.7 Å². The van der Waals surface area contributed by atoms with E-state index in [0.717, 1.165) is 23.1 Å². The molecule has 1 aliphatic rings. The second kappa shape index (κ2) is 4.24. The van der Waals surface area contributed by atoms with Gasteiger partial charge in [-0.3, -0.25) is 0 Å². The number of allylic oxidation sites excluding steroid dienone is 1. The number of carboxylic acid groups (broad SMARTS) is 1. The Balaban J connectivity index is 2.66. The van der Waals surface area contributed by atoms with Gasteiger partial charge >= 0.3 is 5.97 Å². The second-order valence-electron chi connectivity index (χ2n) is 4.69. The predicted octanol–water partition coefficient (Wildman–Crippen LogP) is 2.83. The SMILES string of the molecule is CC(C)C1=C(C(=O)O)CCc2ccc(O)cc21. The summed E-state index contributed by atoms with van der Waals surface area (Å²) < 4.78 is 0. The largest absolute Gasteiger partial charge is 0.508 e. The third kappa shape index (κ3) is 2.05. The van der Waals surface area contributed by atoms with Crippen LogP contribution in [0.5, 0.6) is 5.75 Å². The van der Waals surface area contributed by atoms with E-state index in [-0.39, 0.29) is 11.7 Å². The Labute approximate surface area is 100 Å². The molecule has 2 N–H and O–H groups in total. The normalized spacial score (nSPS) is 15.0. The molecule has 1 aliphatic carbocycles. The first kappa shape index (κ1) is 11.7. The van der Waals surface area contributed by atoms with Crippen LogP contribution in [0.2, 0.25) is 0 Å². The van der Waals surface area contributed by atoms with Gasteiger partial charge in [0.15, 0.2) is 0 Å². The van der Waals surface area contributed by atoms with Crippen molar-refractivity contribution in [1.82, 2.24) is 0 Å². The first-order valence-electron chi connectivity index (χ1n) is 5.79. The Hall–Kier alpha value is -1.77. The van der Waals surface area contributed by atoms with E-state index in [9.17, 15) is 15.0 Å². The molecule has 0 aromatic heterocycles. The zero-order valence-corrected chi connectivity index (χ0v) is 10.0. The average molecular weight is 232 g/mol. The van der Waals surface area contributed by atoms with E-state index in [4.69, 9.17) is 0 Å². The van der Waals surface area contributed by atoms with Crippen molar-refractivity contribution >= 4 is 11.5 Å². The van der Waals surface area contributed by atoms with E-state index in [2.05, 4.69) is 0 Å². The molecule has 0 amide bonds. The monoisotopic (exact) mass is 232 g/mol. The van der Waals surface area contributed by atoms with Crippen LogP contribution in [0.3, 0.4) is 0 Å². The molecule has 0 bridgehead atoms. The Morgan fingerprint density at radius 1 is 1.29 bits per heavy atom. The van der Waals surface area contributed by atoms with E-state index in [1.165, 1.54) is 0 Å². The minimum Gasteiger partial charge on any atom is -0.508 e. The number of aromatic hydroxyl groups is 1. The topological polar surface area (TPSA) is 57.5 Å². The highest BCUT2D eigenvalue weighted by Gasteiger charge is 2.25. The maximum absolute atomic E-state index is 11.2. The summed E-state index contributed by atoms with van der Waals surface area (Å²) in [4.78, 5) is 11.2. The molecular formula is C14H16O3. The molecule has 3 heteroatoms. The van der Waals surface area contributed by atoms with E-state index >= 15 is 0 Å². The van der Waals surface area contributed by atoms with Gasteiger partial charge in [-0.05, 0) is 47.6 Å². The lowest BCUT2D eigenvalue weighted by molar-refractivity contribution is -0.132. The molecule has 2 rings (SSSR count). The lowest BCUT2D eigenvalue weighted by Gasteiger charge is -2.24. The number of phenolic OH excluding ortho intramolecular Hbond substituents is 1. The van der Waals surface area contributed by atoms with Crippen LogP contribution < -0.4 is 0 Å². The van der Waals surface area contributed by atoms with Gasteiger partial charge in [-0.15, -0.1) is 0 Å². The number of phenols is 1. The van der Waals surface area contributed by atoms with Crippen molar-refractivity contribution in [3.8, 4) is 5.75 Å². The van der Waals surface area contributed by atoms with Crippen LogP contribution in [0.25, 0.3) is 5.57 Å². The lowest BCUT2D eigenvalue weighted by atomic mass is 9.80. The summed E-state index contributed by atoms with van der Waals surface area (Å²) in [6, 6.07) is 5.21. The number of benzene rings is 1. The van der Waals surface area contributed by atoms with Crippen LogP contribution in [0.1, 0.15) is 31.4 Å². The van der Waals surface area contributed by atoms with Gasteiger partial charge in [0.1, 0.15) is 5.75 Å². The number of hydrogen-bond acceptors (Lipinski definition) is 2. The third-order valence-electron chi connectivity index (χ3n) is 3.19. The summed E-state index contributed by atoms with van der Waals surface area (Å²) in [6.07, 6.45) is 1.30. The van der Waals surface area contributed by atoms with Crippen LogP contribution in [-0.2, 0) is 11.2 Å². The van der Waals surface area contributed by atoms with Gasteiger partial charge in [0.25, 0.3) is 0 Å². The van der Waals surface area contributed by atoms with Gasteiger partial charge in [-0.25, -0.2) is 4.79 Å². The molecule has 0 saturated carbocycles. The molecule has 0 saturated heterocycles. The molecule has 0 heterocycles. The molecule has 1 aromatic carbocycles. The fourth-order valence-electron chi connectivity index (χ4n) is 2.47. The summed E-state index contributed by atoms with van der Waals surface area (Å²) in [7, 11) is 0. The van der Waals surface area contributed by atoms with Crippen LogP contribution in [0, 0.1) is 5.92 Å². The average Bonchev–Trinajstić information content (AvgIpc) is 2.26. The molecule has 0 unspecified atom stereocenters. The number of aliphatic carboxylic acids is 1. The Bertz CT molecular complexity index is 498. The van der Waals surface area contributed by atoms with Crippen molar-refractivity contribution in [1.29, 1.82) is 0 Å². The number of carboxylic acids is 1. The zero-order chi connectivity index (χ0) is 12.6. The van der Waals surface area contributed by atoms with Gasteiger partial charge in [0.05, 0.1) is 0 Å². The minimum atomic E-state index is -0.845. The van der Waals surface area contributed by atoms with Gasteiger partial charge in [-0.1, -0.05) is 19.9 Å². The molecule has 0 spiro atoms. The number of fused-ring (bicyclic) bond motifs is 1. The molecular weight excluding hydrogens is 216 g/mol. The predicted molar refractivity (Wildman–Crippen MR) is 65.8 cm³/mol. The maximum atomic E-state index is 11.2.